The molecule has 1 heterocycles. The van der Waals surface area contributed by atoms with E-state index in [9.17, 15) is 4.79 Å². The lowest BCUT2D eigenvalue weighted by Gasteiger charge is -2.36. The van der Waals surface area contributed by atoms with Gasteiger partial charge in [-0.2, -0.15) is 0 Å². The van der Waals surface area contributed by atoms with Crippen LogP contribution in [0.1, 0.15) is 16.8 Å². The lowest BCUT2D eigenvalue weighted by Crippen LogP contribution is -2.46. The van der Waals surface area contributed by atoms with E-state index in [-0.39, 0.29) is 0 Å². The van der Waals surface area contributed by atoms with Crippen molar-refractivity contribution in [3.8, 4) is 0 Å². The van der Waals surface area contributed by atoms with Crippen LogP contribution < -0.4 is 21.7 Å². The molecular formula is C20H27N5O. The highest BCUT2D eigenvalue weighted by molar-refractivity contribution is 6.01. The second-order valence-electron chi connectivity index (χ2n) is 6.58. The maximum atomic E-state index is 11.5. The molecule has 138 valence electrons. The van der Waals surface area contributed by atoms with Crippen molar-refractivity contribution in [3.63, 3.8) is 0 Å². The van der Waals surface area contributed by atoms with Crippen molar-refractivity contribution in [1.29, 1.82) is 0 Å². The molecule has 0 radical (unpaired) electrons. The number of hydrogen-bond donors (Lipinski definition) is 3. The second-order valence-corrected chi connectivity index (χ2v) is 6.58. The molecule has 6 nitrogen and oxygen atoms in total. The van der Waals surface area contributed by atoms with Crippen molar-refractivity contribution < 1.29 is 4.79 Å². The fourth-order valence-electron chi connectivity index (χ4n) is 3.36. The molecule has 0 aliphatic carbocycles. The summed E-state index contributed by atoms with van der Waals surface area (Å²) >= 11 is 0. The molecule has 0 bridgehead atoms. The summed E-state index contributed by atoms with van der Waals surface area (Å²) in [6.45, 7) is 6.01. The third-order valence-corrected chi connectivity index (χ3v) is 4.81. The number of primary amides is 1. The number of nitrogens with two attached hydrogens (primary N) is 2. The number of carbonyl (C=O) groups excluding carboxylic acids is 1. The van der Waals surface area contributed by atoms with Crippen molar-refractivity contribution in [1.82, 2.24) is 4.90 Å². The lowest BCUT2D eigenvalue weighted by atomic mass is 10.1. The highest BCUT2D eigenvalue weighted by atomic mass is 16.1. The highest BCUT2D eigenvalue weighted by Crippen LogP contribution is 2.23. The average Bonchev–Trinajstić information content (AvgIpc) is 2.67. The summed E-state index contributed by atoms with van der Waals surface area (Å²) in [6, 6.07) is 15.8. The molecule has 26 heavy (non-hydrogen) atoms. The molecular weight excluding hydrogens is 326 g/mol. The van der Waals surface area contributed by atoms with Gasteiger partial charge in [-0.05, 0) is 37.2 Å². The number of benzene rings is 2. The van der Waals surface area contributed by atoms with Crippen LogP contribution in [0.15, 0.2) is 48.5 Å². The molecule has 0 spiro atoms. The van der Waals surface area contributed by atoms with Gasteiger partial charge in [-0.3, -0.25) is 9.69 Å². The second kappa shape index (κ2) is 8.58. The van der Waals surface area contributed by atoms with Gasteiger partial charge in [-0.25, -0.2) is 0 Å². The zero-order valence-electron chi connectivity index (χ0n) is 15.0. The van der Waals surface area contributed by atoms with Gasteiger partial charge in [0.15, 0.2) is 0 Å². The van der Waals surface area contributed by atoms with Crippen LogP contribution in [0.5, 0.6) is 0 Å². The van der Waals surface area contributed by atoms with E-state index in [2.05, 4.69) is 45.4 Å². The minimum Gasteiger partial charge on any atom is -0.397 e. The Hall–Kier alpha value is -2.73. The minimum absolute atomic E-state index is 0.446. The molecule has 1 aliphatic rings. The third-order valence-electron chi connectivity index (χ3n) is 4.81. The Labute approximate surface area is 154 Å². The molecule has 0 saturated carbocycles. The third kappa shape index (κ3) is 4.46. The van der Waals surface area contributed by atoms with E-state index >= 15 is 0 Å². The quantitative estimate of drug-likeness (QED) is 0.523. The molecule has 1 amide bonds. The number of nitrogen functional groups attached to an aromatic ring is 1. The Bertz CT molecular complexity index is 726. The molecule has 0 unspecified atom stereocenters. The monoisotopic (exact) mass is 353 g/mol. The number of piperazine rings is 1. The van der Waals surface area contributed by atoms with Crippen LogP contribution in [0.25, 0.3) is 0 Å². The lowest BCUT2D eigenvalue weighted by molar-refractivity contribution is 0.100. The molecule has 3 rings (SSSR count). The summed E-state index contributed by atoms with van der Waals surface area (Å²) in [5, 5.41) is 3.27. The van der Waals surface area contributed by atoms with E-state index in [1.807, 2.05) is 0 Å². The number of carbonyl (C=O) groups is 1. The largest absolute Gasteiger partial charge is 0.397 e. The summed E-state index contributed by atoms with van der Waals surface area (Å²) in [7, 11) is 0. The Balaban J connectivity index is 1.42. The van der Waals surface area contributed by atoms with Crippen LogP contribution in [-0.4, -0.2) is 50.1 Å². The zero-order valence-corrected chi connectivity index (χ0v) is 15.0. The van der Waals surface area contributed by atoms with Crippen molar-refractivity contribution in [3.05, 3.63) is 54.1 Å². The predicted molar refractivity (Wildman–Crippen MR) is 108 cm³/mol. The Kier molecular flexibility index (Phi) is 5.96. The number of hydrogen-bond acceptors (Lipinski definition) is 5. The van der Waals surface area contributed by atoms with Crippen LogP contribution in [0.3, 0.4) is 0 Å². The van der Waals surface area contributed by atoms with Crippen LogP contribution >= 0.6 is 0 Å². The molecule has 2 aromatic rings. The molecule has 5 N–H and O–H groups in total. The Morgan fingerprint density at radius 2 is 1.73 bits per heavy atom. The first-order chi connectivity index (χ1) is 12.6. The Morgan fingerprint density at radius 1 is 1.00 bits per heavy atom. The number of rotatable bonds is 7. The van der Waals surface area contributed by atoms with Crippen LogP contribution in [0.4, 0.5) is 17.1 Å². The van der Waals surface area contributed by atoms with Gasteiger partial charge in [0.1, 0.15) is 0 Å². The van der Waals surface area contributed by atoms with Gasteiger partial charge in [0.25, 0.3) is 5.91 Å². The molecule has 1 aliphatic heterocycles. The molecule has 1 fully saturated rings. The molecule has 1 saturated heterocycles. The molecule has 2 aromatic carbocycles. The van der Waals surface area contributed by atoms with E-state index in [4.69, 9.17) is 11.5 Å². The van der Waals surface area contributed by atoms with Crippen molar-refractivity contribution in [2.24, 2.45) is 5.73 Å². The van der Waals surface area contributed by atoms with Gasteiger partial charge in [0.05, 0.1) is 16.9 Å². The van der Waals surface area contributed by atoms with Gasteiger partial charge < -0.3 is 21.7 Å². The molecule has 6 heteroatoms. The standard InChI is InChI=1S/C20H27N5O/c21-18-9-4-8-17(20(22)26)19(18)23-10-5-11-24-12-14-25(15-13-24)16-6-2-1-3-7-16/h1-4,6-9,23H,5,10-15,21H2,(H2,22,26). The van der Waals surface area contributed by atoms with Crippen molar-refractivity contribution in [2.45, 2.75) is 6.42 Å². The zero-order chi connectivity index (χ0) is 18.4. The smallest absolute Gasteiger partial charge is 0.250 e. The summed E-state index contributed by atoms with van der Waals surface area (Å²) in [6.07, 6.45) is 0.984. The first kappa shape index (κ1) is 18.1. The van der Waals surface area contributed by atoms with Crippen LogP contribution in [0.2, 0.25) is 0 Å². The predicted octanol–water partition coefficient (Wildman–Crippen LogP) is 1.99. The normalized spacial score (nSPS) is 15.0. The summed E-state index contributed by atoms with van der Waals surface area (Å²) in [4.78, 5) is 16.4. The van der Waals surface area contributed by atoms with Gasteiger partial charge in [0.2, 0.25) is 0 Å². The van der Waals surface area contributed by atoms with E-state index in [0.717, 1.165) is 45.7 Å². The molecule has 0 aromatic heterocycles. The summed E-state index contributed by atoms with van der Waals surface area (Å²) < 4.78 is 0. The number of amides is 1. The molecule has 0 atom stereocenters. The van der Waals surface area contributed by atoms with E-state index in [1.165, 1.54) is 5.69 Å². The SMILES string of the molecule is NC(=O)c1cccc(N)c1NCCCN1CCN(c2ccccc2)CC1. The van der Waals surface area contributed by atoms with Gasteiger partial charge in [-0.1, -0.05) is 24.3 Å². The van der Waals surface area contributed by atoms with E-state index in [0.29, 0.717) is 16.9 Å². The van der Waals surface area contributed by atoms with E-state index < -0.39 is 5.91 Å². The highest BCUT2D eigenvalue weighted by Gasteiger charge is 2.16. The minimum atomic E-state index is -0.461. The van der Waals surface area contributed by atoms with Crippen LogP contribution in [0, 0.1) is 0 Å². The maximum absolute atomic E-state index is 11.5. The van der Waals surface area contributed by atoms with Crippen molar-refractivity contribution >= 4 is 23.0 Å². The summed E-state index contributed by atoms with van der Waals surface area (Å²) in [5.74, 6) is -0.461. The number of anilines is 3. The van der Waals surface area contributed by atoms with Gasteiger partial charge >= 0.3 is 0 Å². The fourth-order valence-corrected chi connectivity index (χ4v) is 3.36. The van der Waals surface area contributed by atoms with Gasteiger partial charge in [-0.15, -0.1) is 0 Å². The Morgan fingerprint density at radius 3 is 2.42 bits per heavy atom. The van der Waals surface area contributed by atoms with Crippen molar-refractivity contribution in [2.75, 3.05) is 55.2 Å². The first-order valence-electron chi connectivity index (χ1n) is 9.09. The van der Waals surface area contributed by atoms with Gasteiger partial charge in [0, 0.05) is 38.4 Å². The number of nitrogens with one attached hydrogen (secondary N) is 1. The number of nitrogens with zero attached hydrogens (tertiary/aromatic N) is 2. The number of para-hydroxylation sites is 2. The fraction of sp³-hybridized carbons (Fsp3) is 0.350. The summed E-state index contributed by atoms with van der Waals surface area (Å²) in [5.41, 5.74) is 14.3. The topological polar surface area (TPSA) is 87.6 Å². The maximum Gasteiger partial charge on any atom is 0.250 e. The average molecular weight is 353 g/mol. The van der Waals surface area contributed by atoms with Crippen LogP contribution in [-0.2, 0) is 0 Å². The van der Waals surface area contributed by atoms with E-state index in [1.54, 1.807) is 18.2 Å². The first-order valence-corrected chi connectivity index (χ1v) is 9.09.